The zero-order valence-electron chi connectivity index (χ0n) is 14.8. The number of fused-ring (bicyclic) bond motifs is 1. The molecule has 0 spiro atoms. The number of hydrogen-bond acceptors (Lipinski definition) is 3. The maximum atomic E-state index is 13.0. The van der Waals surface area contributed by atoms with E-state index in [1.807, 2.05) is 26.1 Å². The lowest BCUT2D eigenvalue weighted by Gasteiger charge is -2.27. The average molecular weight is 326 g/mol. The van der Waals surface area contributed by atoms with Crippen molar-refractivity contribution in [2.24, 2.45) is 0 Å². The summed E-state index contributed by atoms with van der Waals surface area (Å²) in [5, 5.41) is 0.946. The van der Waals surface area contributed by atoms with Gasteiger partial charge in [-0.05, 0) is 56.4 Å². The van der Waals surface area contributed by atoms with Gasteiger partial charge in [-0.2, -0.15) is 0 Å². The molecule has 3 rings (SSSR count). The molecule has 0 radical (unpaired) electrons. The fraction of sp³-hybridized carbons (Fsp3) is 0.500. The van der Waals surface area contributed by atoms with Gasteiger partial charge in [-0.15, -0.1) is 0 Å². The van der Waals surface area contributed by atoms with Crippen LogP contribution in [0.4, 0.5) is 0 Å². The van der Waals surface area contributed by atoms with E-state index < -0.39 is 0 Å². The van der Waals surface area contributed by atoms with E-state index in [-0.39, 0.29) is 12.0 Å². The number of aromatic nitrogens is 1. The molecule has 1 aliphatic rings. The number of rotatable bonds is 4. The van der Waals surface area contributed by atoms with Crippen LogP contribution in [0.2, 0.25) is 0 Å². The second kappa shape index (κ2) is 7.31. The number of carbonyl (C=O) groups excluding carboxylic acids is 1. The predicted octanol–water partition coefficient (Wildman–Crippen LogP) is 3.75. The zero-order chi connectivity index (χ0) is 17.1. The first-order valence-corrected chi connectivity index (χ1v) is 8.86. The minimum atomic E-state index is 0.0490. The number of pyridine rings is 1. The number of amides is 1. The highest BCUT2D eigenvalue weighted by molar-refractivity contribution is 6.06. The summed E-state index contributed by atoms with van der Waals surface area (Å²) in [6, 6.07) is 8.10. The Kier molecular flexibility index (Phi) is 5.14. The van der Waals surface area contributed by atoms with Gasteiger partial charge in [-0.25, -0.2) is 0 Å². The van der Waals surface area contributed by atoms with Crippen LogP contribution in [-0.2, 0) is 11.2 Å². The minimum Gasteiger partial charge on any atom is -0.376 e. The highest BCUT2D eigenvalue weighted by Crippen LogP contribution is 2.22. The molecule has 1 aliphatic heterocycles. The van der Waals surface area contributed by atoms with E-state index in [1.165, 1.54) is 12.0 Å². The first-order chi connectivity index (χ1) is 11.6. The van der Waals surface area contributed by atoms with Crippen molar-refractivity contribution in [2.75, 3.05) is 20.2 Å². The van der Waals surface area contributed by atoms with Crippen molar-refractivity contribution in [3.8, 4) is 0 Å². The Morgan fingerprint density at radius 3 is 2.88 bits per heavy atom. The van der Waals surface area contributed by atoms with Crippen LogP contribution in [0.3, 0.4) is 0 Å². The van der Waals surface area contributed by atoms with Gasteiger partial charge in [0.15, 0.2) is 0 Å². The van der Waals surface area contributed by atoms with Crippen LogP contribution in [-0.4, -0.2) is 42.1 Å². The maximum Gasteiger partial charge on any atom is 0.254 e. The summed E-state index contributed by atoms with van der Waals surface area (Å²) in [7, 11) is 1.87. The van der Waals surface area contributed by atoms with E-state index in [1.54, 1.807) is 4.90 Å². The van der Waals surface area contributed by atoms with Crippen LogP contribution in [0.1, 0.15) is 47.8 Å². The Labute approximate surface area is 143 Å². The monoisotopic (exact) mass is 326 g/mol. The topological polar surface area (TPSA) is 42.4 Å². The second-order valence-electron chi connectivity index (χ2n) is 6.69. The van der Waals surface area contributed by atoms with Crippen molar-refractivity contribution < 1.29 is 9.53 Å². The molecule has 0 N–H and O–H groups in total. The van der Waals surface area contributed by atoms with Crippen LogP contribution in [0, 0.1) is 6.92 Å². The number of hydrogen-bond donors (Lipinski definition) is 0. The standard InChI is InChI=1S/C20H26N2O2/c1-4-15-8-9-19-17(12-15)18(11-14(2)21-19)20(23)22(3)13-16-7-5-6-10-24-16/h8-9,11-12,16H,4-7,10,13H2,1-3H3. The molecule has 2 heterocycles. The molecule has 1 saturated heterocycles. The van der Waals surface area contributed by atoms with Crippen molar-refractivity contribution in [1.29, 1.82) is 0 Å². The Morgan fingerprint density at radius 2 is 2.17 bits per heavy atom. The molecule has 1 unspecified atom stereocenters. The van der Waals surface area contributed by atoms with Crippen LogP contribution in [0.5, 0.6) is 0 Å². The SMILES string of the molecule is CCc1ccc2nc(C)cc(C(=O)N(C)CC3CCCCO3)c2c1. The van der Waals surface area contributed by atoms with Gasteiger partial charge in [0.2, 0.25) is 0 Å². The number of aryl methyl sites for hydroxylation is 2. The Bertz CT molecular complexity index is 736. The first-order valence-electron chi connectivity index (χ1n) is 8.86. The van der Waals surface area contributed by atoms with Crippen molar-refractivity contribution in [1.82, 2.24) is 9.88 Å². The summed E-state index contributed by atoms with van der Waals surface area (Å²) in [5.41, 5.74) is 3.72. The van der Waals surface area contributed by atoms with Gasteiger partial charge in [0, 0.05) is 31.3 Å². The molecule has 1 aromatic carbocycles. The maximum absolute atomic E-state index is 13.0. The molecule has 4 heteroatoms. The van der Waals surface area contributed by atoms with Crippen LogP contribution in [0.15, 0.2) is 24.3 Å². The van der Waals surface area contributed by atoms with Crippen LogP contribution in [0.25, 0.3) is 10.9 Å². The average Bonchev–Trinajstić information content (AvgIpc) is 2.60. The second-order valence-corrected chi connectivity index (χ2v) is 6.69. The van der Waals surface area contributed by atoms with Crippen molar-refractivity contribution in [3.63, 3.8) is 0 Å². The molecule has 0 aliphatic carbocycles. The largest absolute Gasteiger partial charge is 0.376 e. The number of ether oxygens (including phenoxy) is 1. The Morgan fingerprint density at radius 1 is 1.33 bits per heavy atom. The van der Waals surface area contributed by atoms with Gasteiger partial charge in [0.05, 0.1) is 17.2 Å². The zero-order valence-corrected chi connectivity index (χ0v) is 14.8. The van der Waals surface area contributed by atoms with E-state index >= 15 is 0 Å². The molecule has 1 aromatic heterocycles. The fourth-order valence-corrected chi connectivity index (χ4v) is 3.35. The third kappa shape index (κ3) is 3.59. The molecule has 24 heavy (non-hydrogen) atoms. The Hall–Kier alpha value is -1.94. The van der Waals surface area contributed by atoms with Gasteiger partial charge >= 0.3 is 0 Å². The number of nitrogens with zero attached hydrogens (tertiary/aromatic N) is 2. The lowest BCUT2D eigenvalue weighted by Crippen LogP contribution is -2.37. The van der Waals surface area contributed by atoms with Gasteiger partial charge < -0.3 is 9.64 Å². The molecule has 1 fully saturated rings. The minimum absolute atomic E-state index is 0.0490. The van der Waals surface area contributed by atoms with E-state index in [4.69, 9.17) is 4.74 Å². The highest BCUT2D eigenvalue weighted by Gasteiger charge is 2.21. The lowest BCUT2D eigenvalue weighted by atomic mass is 10.0. The molecule has 0 bridgehead atoms. The summed E-state index contributed by atoms with van der Waals surface area (Å²) in [6.07, 6.45) is 4.45. The number of carbonyl (C=O) groups is 1. The van der Waals surface area contributed by atoms with Crippen molar-refractivity contribution in [3.05, 3.63) is 41.1 Å². The fourth-order valence-electron chi connectivity index (χ4n) is 3.35. The molecule has 1 amide bonds. The van der Waals surface area contributed by atoms with Gasteiger partial charge in [0.1, 0.15) is 0 Å². The smallest absolute Gasteiger partial charge is 0.254 e. The highest BCUT2D eigenvalue weighted by atomic mass is 16.5. The quantitative estimate of drug-likeness (QED) is 0.859. The normalized spacial score (nSPS) is 17.9. The van der Waals surface area contributed by atoms with E-state index in [0.717, 1.165) is 48.0 Å². The summed E-state index contributed by atoms with van der Waals surface area (Å²) in [5.74, 6) is 0.0490. The number of benzene rings is 1. The lowest BCUT2D eigenvalue weighted by molar-refractivity contribution is -0.000154. The molecule has 128 valence electrons. The third-order valence-electron chi connectivity index (χ3n) is 4.74. The summed E-state index contributed by atoms with van der Waals surface area (Å²) in [6.45, 7) is 5.52. The van der Waals surface area contributed by atoms with E-state index in [0.29, 0.717) is 6.54 Å². The van der Waals surface area contributed by atoms with Crippen LogP contribution >= 0.6 is 0 Å². The summed E-state index contributed by atoms with van der Waals surface area (Å²) >= 11 is 0. The molecule has 0 saturated carbocycles. The van der Waals surface area contributed by atoms with Crippen LogP contribution < -0.4 is 0 Å². The molecular weight excluding hydrogens is 300 g/mol. The molecule has 4 nitrogen and oxygen atoms in total. The van der Waals surface area contributed by atoms with Gasteiger partial charge in [-0.3, -0.25) is 9.78 Å². The third-order valence-corrected chi connectivity index (χ3v) is 4.74. The van der Waals surface area contributed by atoms with E-state index in [2.05, 4.69) is 24.0 Å². The molecule has 1 atom stereocenters. The van der Waals surface area contributed by atoms with Gasteiger partial charge in [-0.1, -0.05) is 13.0 Å². The predicted molar refractivity (Wildman–Crippen MR) is 96.4 cm³/mol. The van der Waals surface area contributed by atoms with Crippen molar-refractivity contribution in [2.45, 2.75) is 45.6 Å². The molecule has 2 aromatic rings. The summed E-state index contributed by atoms with van der Waals surface area (Å²) in [4.78, 5) is 19.4. The van der Waals surface area contributed by atoms with Crippen molar-refractivity contribution >= 4 is 16.8 Å². The van der Waals surface area contributed by atoms with E-state index in [9.17, 15) is 4.79 Å². The first kappa shape index (κ1) is 16.9. The Balaban J connectivity index is 1.90. The van der Waals surface area contributed by atoms with Gasteiger partial charge in [0.25, 0.3) is 5.91 Å². The summed E-state index contributed by atoms with van der Waals surface area (Å²) < 4.78 is 5.78. The molecular formula is C20H26N2O2. The number of likely N-dealkylation sites (N-methyl/N-ethyl adjacent to an activating group) is 1.